The van der Waals surface area contributed by atoms with Crippen molar-refractivity contribution in [1.82, 2.24) is 0 Å². The van der Waals surface area contributed by atoms with Crippen molar-refractivity contribution < 1.29 is 19.1 Å². The Morgan fingerprint density at radius 3 is 2.70 bits per heavy atom. The molecule has 0 saturated carbocycles. The fraction of sp³-hybridized carbons (Fsp3) is 0.250. The van der Waals surface area contributed by atoms with Gasteiger partial charge in [-0.2, -0.15) is 0 Å². The van der Waals surface area contributed by atoms with E-state index in [9.17, 15) is 14.4 Å². The minimum atomic E-state index is -0.704. The number of carbonyl (C=O) groups excluding carboxylic acids is 3. The van der Waals surface area contributed by atoms with Crippen LogP contribution in [0.2, 0.25) is 15.1 Å². The van der Waals surface area contributed by atoms with Crippen LogP contribution < -0.4 is 10.2 Å². The lowest BCUT2D eigenvalue weighted by molar-refractivity contribution is -0.151. The molecule has 0 spiro atoms. The molecule has 0 unspecified atom stereocenters. The topological polar surface area (TPSA) is 75.7 Å². The molecule has 1 N–H and O–H groups in total. The van der Waals surface area contributed by atoms with Gasteiger partial charge in [-0.3, -0.25) is 14.4 Å². The van der Waals surface area contributed by atoms with Gasteiger partial charge in [0.25, 0.3) is 5.91 Å². The Bertz CT molecular complexity index is 1030. The van der Waals surface area contributed by atoms with Crippen LogP contribution in [0.1, 0.15) is 12.0 Å². The predicted octanol–water partition coefficient (Wildman–Crippen LogP) is 5.25. The van der Waals surface area contributed by atoms with Gasteiger partial charge in [0.1, 0.15) is 0 Å². The first-order valence-corrected chi connectivity index (χ1v) is 10.8. The SMILES string of the molecule is Cc1cc(Br)c(Cl)cc1NC(=O)COC(=O)[C@@H]1CC(=O)N(c2cccc(Cl)c2Cl)C1. The van der Waals surface area contributed by atoms with E-state index in [4.69, 9.17) is 39.5 Å². The van der Waals surface area contributed by atoms with Gasteiger partial charge in [0.05, 0.1) is 26.7 Å². The summed E-state index contributed by atoms with van der Waals surface area (Å²) in [7, 11) is 0. The highest BCUT2D eigenvalue weighted by Crippen LogP contribution is 2.36. The molecule has 1 atom stereocenters. The van der Waals surface area contributed by atoms with Crippen molar-refractivity contribution >= 4 is 79.9 Å². The zero-order chi connectivity index (χ0) is 22.0. The maximum absolute atomic E-state index is 12.4. The van der Waals surface area contributed by atoms with Crippen LogP contribution in [0.25, 0.3) is 0 Å². The van der Waals surface area contributed by atoms with E-state index in [0.717, 1.165) is 5.56 Å². The third kappa shape index (κ3) is 5.09. The van der Waals surface area contributed by atoms with E-state index in [-0.39, 0.29) is 23.9 Å². The number of halogens is 4. The number of aryl methyl sites for hydroxylation is 1. The van der Waals surface area contributed by atoms with Crippen LogP contribution in [0.4, 0.5) is 11.4 Å². The first-order chi connectivity index (χ1) is 14.2. The second kappa shape index (κ2) is 9.56. The number of carbonyl (C=O) groups is 3. The molecule has 10 heteroatoms. The summed E-state index contributed by atoms with van der Waals surface area (Å²) < 4.78 is 5.82. The monoisotopic (exact) mass is 532 g/mol. The second-order valence-electron chi connectivity index (χ2n) is 6.72. The molecular weight excluding hydrogens is 518 g/mol. The lowest BCUT2D eigenvalue weighted by Crippen LogP contribution is -2.28. The molecule has 1 aliphatic heterocycles. The summed E-state index contributed by atoms with van der Waals surface area (Å²) in [5, 5.41) is 3.65. The van der Waals surface area contributed by atoms with Gasteiger partial charge in [0, 0.05) is 23.1 Å². The molecule has 6 nitrogen and oxygen atoms in total. The zero-order valence-electron chi connectivity index (χ0n) is 15.7. The van der Waals surface area contributed by atoms with E-state index in [2.05, 4.69) is 21.2 Å². The maximum atomic E-state index is 12.4. The van der Waals surface area contributed by atoms with Gasteiger partial charge in [0.15, 0.2) is 6.61 Å². The van der Waals surface area contributed by atoms with E-state index in [1.807, 2.05) is 6.92 Å². The van der Waals surface area contributed by atoms with Crippen molar-refractivity contribution in [1.29, 1.82) is 0 Å². The Morgan fingerprint density at radius 2 is 1.97 bits per heavy atom. The van der Waals surface area contributed by atoms with Gasteiger partial charge in [-0.15, -0.1) is 0 Å². The van der Waals surface area contributed by atoms with Crippen molar-refractivity contribution in [2.75, 3.05) is 23.4 Å². The van der Waals surface area contributed by atoms with E-state index in [0.29, 0.717) is 25.9 Å². The quantitative estimate of drug-likeness (QED) is 0.532. The summed E-state index contributed by atoms with van der Waals surface area (Å²) in [6.45, 7) is 1.43. The molecule has 158 valence electrons. The molecule has 0 aliphatic carbocycles. The third-order valence-electron chi connectivity index (χ3n) is 4.57. The lowest BCUT2D eigenvalue weighted by Gasteiger charge is -2.18. The van der Waals surface area contributed by atoms with Crippen LogP contribution in [-0.2, 0) is 19.1 Å². The van der Waals surface area contributed by atoms with Gasteiger partial charge in [0.2, 0.25) is 5.91 Å². The Balaban J connectivity index is 1.58. The van der Waals surface area contributed by atoms with E-state index < -0.39 is 24.4 Å². The summed E-state index contributed by atoms with van der Waals surface area (Å²) in [4.78, 5) is 38.3. The molecule has 0 radical (unpaired) electrons. The molecule has 30 heavy (non-hydrogen) atoms. The number of hydrogen-bond acceptors (Lipinski definition) is 4. The molecule has 3 rings (SSSR count). The van der Waals surface area contributed by atoms with Crippen molar-refractivity contribution in [3.05, 3.63) is 55.4 Å². The summed E-state index contributed by atoms with van der Waals surface area (Å²) in [6, 6.07) is 8.30. The van der Waals surface area contributed by atoms with Crippen LogP contribution in [0.5, 0.6) is 0 Å². The molecule has 1 fully saturated rings. The summed E-state index contributed by atoms with van der Waals surface area (Å²) >= 11 is 21.5. The smallest absolute Gasteiger partial charge is 0.311 e. The molecular formula is C20H16BrCl3N2O4. The third-order valence-corrected chi connectivity index (χ3v) is 6.57. The number of anilines is 2. The Morgan fingerprint density at radius 1 is 1.23 bits per heavy atom. The van der Waals surface area contributed by atoms with Crippen LogP contribution >= 0.6 is 50.7 Å². The normalized spacial score (nSPS) is 16.0. The Labute approximate surface area is 196 Å². The number of ether oxygens (including phenoxy) is 1. The maximum Gasteiger partial charge on any atom is 0.311 e. The highest BCUT2D eigenvalue weighted by molar-refractivity contribution is 9.10. The second-order valence-corrected chi connectivity index (χ2v) is 8.76. The van der Waals surface area contributed by atoms with Crippen molar-refractivity contribution in [2.45, 2.75) is 13.3 Å². The largest absolute Gasteiger partial charge is 0.455 e. The standard InChI is InChI=1S/C20H16BrCl3N2O4/c1-10-5-12(21)14(23)7-15(10)25-17(27)9-30-20(29)11-6-18(28)26(8-11)16-4-2-3-13(22)19(16)24/h2-5,7,11H,6,8-9H2,1H3,(H,25,27)/t11-/m1/s1. The average molecular weight is 535 g/mol. The number of rotatable bonds is 5. The Kier molecular flexibility index (Phi) is 7.29. The summed E-state index contributed by atoms with van der Waals surface area (Å²) in [6.07, 6.45) is -0.0370. The summed E-state index contributed by atoms with van der Waals surface area (Å²) in [5.41, 5.74) is 1.74. The molecule has 1 aliphatic rings. The molecule has 1 saturated heterocycles. The number of nitrogens with one attached hydrogen (secondary N) is 1. The molecule has 0 aromatic heterocycles. The highest BCUT2D eigenvalue weighted by atomic mass is 79.9. The van der Waals surface area contributed by atoms with Crippen LogP contribution in [0.15, 0.2) is 34.8 Å². The fourth-order valence-corrected chi connectivity index (χ4v) is 4.04. The van der Waals surface area contributed by atoms with Crippen molar-refractivity contribution in [3.63, 3.8) is 0 Å². The van der Waals surface area contributed by atoms with Crippen LogP contribution in [0.3, 0.4) is 0 Å². The van der Waals surface area contributed by atoms with E-state index >= 15 is 0 Å². The van der Waals surface area contributed by atoms with Gasteiger partial charge in [-0.1, -0.05) is 40.9 Å². The van der Waals surface area contributed by atoms with Crippen LogP contribution in [0, 0.1) is 12.8 Å². The van der Waals surface area contributed by atoms with Gasteiger partial charge < -0.3 is 15.0 Å². The number of benzene rings is 2. The minimum absolute atomic E-state index is 0.0370. The molecule has 2 aromatic rings. The van der Waals surface area contributed by atoms with E-state index in [1.54, 1.807) is 30.3 Å². The zero-order valence-corrected chi connectivity index (χ0v) is 19.5. The average Bonchev–Trinajstić information content (AvgIpc) is 3.08. The number of esters is 1. The Hall–Kier alpha value is -1.80. The first kappa shape index (κ1) is 22.9. The molecule has 2 amide bonds. The van der Waals surface area contributed by atoms with Gasteiger partial charge in [-0.05, 0) is 52.7 Å². The molecule has 2 aromatic carbocycles. The minimum Gasteiger partial charge on any atom is -0.455 e. The number of hydrogen-bond donors (Lipinski definition) is 1. The first-order valence-electron chi connectivity index (χ1n) is 8.84. The van der Waals surface area contributed by atoms with E-state index in [1.165, 1.54) is 4.90 Å². The highest BCUT2D eigenvalue weighted by Gasteiger charge is 2.37. The van der Waals surface area contributed by atoms with Gasteiger partial charge in [-0.25, -0.2) is 0 Å². The van der Waals surface area contributed by atoms with Crippen molar-refractivity contribution in [3.8, 4) is 0 Å². The fourth-order valence-electron chi connectivity index (χ4n) is 3.02. The lowest BCUT2D eigenvalue weighted by atomic mass is 10.1. The van der Waals surface area contributed by atoms with Crippen LogP contribution in [-0.4, -0.2) is 30.9 Å². The number of amides is 2. The molecule has 0 bridgehead atoms. The predicted molar refractivity (Wildman–Crippen MR) is 120 cm³/mol. The van der Waals surface area contributed by atoms with Gasteiger partial charge >= 0.3 is 5.97 Å². The summed E-state index contributed by atoms with van der Waals surface area (Å²) in [5.74, 6) is -2.12. The van der Waals surface area contributed by atoms with Crippen molar-refractivity contribution in [2.24, 2.45) is 5.92 Å². The number of nitrogens with zero attached hydrogens (tertiary/aromatic N) is 1. The molecule has 1 heterocycles.